The van der Waals surface area contributed by atoms with E-state index in [-0.39, 0.29) is 31.1 Å². The average molecular weight is 994 g/mol. The topological polar surface area (TPSA) is 78.9 Å². The van der Waals surface area contributed by atoms with E-state index >= 15 is 0 Å². The second kappa shape index (κ2) is 59.7. The number of ether oxygens (including phenoxy) is 3. The zero-order chi connectivity index (χ0) is 51.4. The van der Waals surface area contributed by atoms with Crippen LogP contribution in [0.15, 0.2) is 60.8 Å². The lowest BCUT2D eigenvalue weighted by Gasteiger charge is -2.18. The fraction of sp³-hybridized carbons (Fsp3) is 0.800. The molecule has 0 aliphatic heterocycles. The number of hydrogen-bond acceptors (Lipinski definition) is 6. The van der Waals surface area contributed by atoms with Gasteiger partial charge in [-0.15, -0.1) is 0 Å². The molecular formula is C65H116O6. The molecule has 0 rings (SSSR count). The Kier molecular flexibility index (Phi) is 57.2. The van der Waals surface area contributed by atoms with Crippen molar-refractivity contribution in [1.29, 1.82) is 0 Å². The minimum absolute atomic E-state index is 0.0803. The highest BCUT2D eigenvalue weighted by atomic mass is 16.6. The standard InChI is InChI=1S/C65H116O6/c1-4-7-10-13-16-19-22-25-28-30-32-34-37-40-43-46-49-52-55-58-64(67)70-61-62(60-69-63(66)57-54-51-48-45-42-39-36-27-24-21-18-15-12-9-6-3)71-65(68)59-56-53-50-47-44-41-38-35-33-31-29-26-23-20-17-14-11-8-5-2/h7,10,16,19,25,28,32,34,40,43,62H,4-6,8-9,11-15,17-18,20-24,26-27,29-31,33,35-39,41-42,44-61H2,1-3H3/b10-7-,19-16-,28-25-,34-32-,43-40-/t62-/m0/s1. The smallest absolute Gasteiger partial charge is 0.306 e. The Hall–Kier alpha value is -2.89. The number of hydrogen-bond donors (Lipinski definition) is 0. The summed E-state index contributed by atoms with van der Waals surface area (Å²) in [5.74, 6) is -0.895. The Morgan fingerprint density at radius 2 is 0.549 bits per heavy atom. The van der Waals surface area contributed by atoms with Crippen molar-refractivity contribution >= 4 is 17.9 Å². The first-order valence-corrected chi connectivity index (χ1v) is 30.8. The molecule has 0 unspecified atom stereocenters. The molecule has 0 fully saturated rings. The molecule has 0 bridgehead atoms. The minimum atomic E-state index is -0.785. The van der Waals surface area contributed by atoms with E-state index in [0.29, 0.717) is 19.3 Å². The lowest BCUT2D eigenvalue weighted by atomic mass is 10.0. The summed E-state index contributed by atoms with van der Waals surface area (Å²) in [6, 6.07) is 0. The van der Waals surface area contributed by atoms with Crippen LogP contribution >= 0.6 is 0 Å². The maximum absolute atomic E-state index is 12.9. The molecular weight excluding hydrogens is 877 g/mol. The molecule has 6 nitrogen and oxygen atoms in total. The zero-order valence-corrected chi connectivity index (χ0v) is 47.2. The van der Waals surface area contributed by atoms with Crippen LogP contribution in [0.4, 0.5) is 0 Å². The van der Waals surface area contributed by atoms with Gasteiger partial charge in [0, 0.05) is 19.3 Å². The molecule has 0 N–H and O–H groups in total. The summed E-state index contributed by atoms with van der Waals surface area (Å²) in [4.78, 5) is 38.3. The first-order chi connectivity index (χ1) is 35.0. The molecule has 6 heteroatoms. The van der Waals surface area contributed by atoms with E-state index < -0.39 is 6.10 Å². The Morgan fingerprint density at radius 3 is 0.859 bits per heavy atom. The molecule has 0 aliphatic carbocycles. The van der Waals surface area contributed by atoms with Crippen molar-refractivity contribution < 1.29 is 28.6 Å². The third-order valence-corrected chi connectivity index (χ3v) is 13.5. The van der Waals surface area contributed by atoms with E-state index in [2.05, 4.69) is 81.5 Å². The molecule has 0 aliphatic rings. The highest BCUT2D eigenvalue weighted by molar-refractivity contribution is 5.71. The van der Waals surface area contributed by atoms with E-state index in [9.17, 15) is 14.4 Å². The molecule has 0 saturated carbocycles. The van der Waals surface area contributed by atoms with Crippen molar-refractivity contribution in [2.24, 2.45) is 0 Å². The molecule has 0 radical (unpaired) electrons. The summed E-state index contributed by atoms with van der Waals surface area (Å²) in [7, 11) is 0. The van der Waals surface area contributed by atoms with Crippen LogP contribution in [-0.2, 0) is 28.6 Å². The number of allylic oxidation sites excluding steroid dienone is 10. The van der Waals surface area contributed by atoms with Gasteiger partial charge in [-0.05, 0) is 64.2 Å². The normalized spacial score (nSPS) is 12.4. The van der Waals surface area contributed by atoms with Gasteiger partial charge in [-0.3, -0.25) is 14.4 Å². The van der Waals surface area contributed by atoms with E-state index in [4.69, 9.17) is 14.2 Å². The van der Waals surface area contributed by atoms with E-state index in [0.717, 1.165) is 96.3 Å². The number of unbranched alkanes of at least 4 members (excludes halogenated alkanes) is 35. The Balaban J connectivity index is 4.39. The predicted octanol–water partition coefficient (Wildman–Crippen LogP) is 20.8. The van der Waals surface area contributed by atoms with Crippen LogP contribution in [-0.4, -0.2) is 37.2 Å². The summed E-state index contributed by atoms with van der Waals surface area (Å²) < 4.78 is 16.9. The van der Waals surface area contributed by atoms with Crippen molar-refractivity contribution in [3.05, 3.63) is 60.8 Å². The number of esters is 3. The van der Waals surface area contributed by atoms with Gasteiger partial charge in [-0.2, -0.15) is 0 Å². The van der Waals surface area contributed by atoms with Crippen molar-refractivity contribution in [2.75, 3.05) is 13.2 Å². The van der Waals surface area contributed by atoms with Crippen LogP contribution in [0.25, 0.3) is 0 Å². The summed E-state index contributed by atoms with van der Waals surface area (Å²) >= 11 is 0. The molecule has 0 saturated heterocycles. The zero-order valence-electron chi connectivity index (χ0n) is 47.2. The van der Waals surface area contributed by atoms with Crippen molar-refractivity contribution in [1.82, 2.24) is 0 Å². The van der Waals surface area contributed by atoms with Crippen LogP contribution < -0.4 is 0 Å². The first-order valence-electron chi connectivity index (χ1n) is 30.8. The third kappa shape index (κ3) is 57.9. The average Bonchev–Trinajstić information content (AvgIpc) is 3.37. The lowest BCUT2D eigenvalue weighted by molar-refractivity contribution is -0.167. The fourth-order valence-corrected chi connectivity index (χ4v) is 8.94. The van der Waals surface area contributed by atoms with Gasteiger partial charge in [0.15, 0.2) is 6.10 Å². The van der Waals surface area contributed by atoms with Gasteiger partial charge in [0.05, 0.1) is 0 Å². The summed E-state index contributed by atoms with van der Waals surface area (Å²) in [6.07, 6.45) is 75.0. The molecule has 0 spiro atoms. The monoisotopic (exact) mass is 993 g/mol. The van der Waals surface area contributed by atoms with Gasteiger partial charge in [0.1, 0.15) is 13.2 Å². The Morgan fingerprint density at radius 1 is 0.296 bits per heavy atom. The molecule has 0 aromatic carbocycles. The van der Waals surface area contributed by atoms with E-state index in [1.54, 1.807) is 0 Å². The molecule has 0 amide bonds. The molecule has 412 valence electrons. The maximum Gasteiger partial charge on any atom is 0.306 e. The van der Waals surface area contributed by atoms with Gasteiger partial charge in [-0.1, -0.05) is 293 Å². The summed E-state index contributed by atoms with van der Waals surface area (Å²) in [6.45, 7) is 6.55. The molecule has 1 atom stereocenters. The summed E-state index contributed by atoms with van der Waals surface area (Å²) in [5, 5.41) is 0. The van der Waals surface area contributed by atoms with E-state index in [1.807, 2.05) is 0 Å². The first kappa shape index (κ1) is 68.1. The van der Waals surface area contributed by atoms with Gasteiger partial charge >= 0.3 is 17.9 Å². The quantitative estimate of drug-likeness (QED) is 0.0261. The maximum atomic E-state index is 12.9. The molecule has 71 heavy (non-hydrogen) atoms. The van der Waals surface area contributed by atoms with Gasteiger partial charge < -0.3 is 14.2 Å². The SMILES string of the molecule is CC/C=C\C/C=C\C/C=C\C/C=C\C/C=C\CCCCCC(=O)OC[C@H](COC(=O)CCCCCCCCCCCCCCCCC)OC(=O)CCCCCCCCCCCCCCCCCCCCC. The van der Waals surface area contributed by atoms with Crippen LogP contribution in [0, 0.1) is 0 Å². The second-order valence-electron chi connectivity index (χ2n) is 20.6. The molecule has 0 heterocycles. The van der Waals surface area contributed by atoms with Gasteiger partial charge in [-0.25, -0.2) is 0 Å². The Bertz CT molecular complexity index is 1280. The Labute approximate surface area is 440 Å². The van der Waals surface area contributed by atoms with Crippen molar-refractivity contribution in [3.63, 3.8) is 0 Å². The number of rotatable bonds is 56. The van der Waals surface area contributed by atoms with Gasteiger partial charge in [0.2, 0.25) is 0 Å². The van der Waals surface area contributed by atoms with Crippen LogP contribution in [0.1, 0.15) is 316 Å². The highest BCUT2D eigenvalue weighted by Gasteiger charge is 2.19. The number of carbonyl (C=O) groups excluding carboxylic acids is 3. The van der Waals surface area contributed by atoms with Crippen LogP contribution in [0.3, 0.4) is 0 Å². The van der Waals surface area contributed by atoms with Crippen molar-refractivity contribution in [2.45, 2.75) is 322 Å². The molecule has 0 aromatic heterocycles. The largest absolute Gasteiger partial charge is 0.462 e. The van der Waals surface area contributed by atoms with Crippen LogP contribution in [0.2, 0.25) is 0 Å². The third-order valence-electron chi connectivity index (χ3n) is 13.5. The second-order valence-corrected chi connectivity index (χ2v) is 20.6. The van der Waals surface area contributed by atoms with Gasteiger partial charge in [0.25, 0.3) is 0 Å². The number of carbonyl (C=O) groups is 3. The predicted molar refractivity (Wildman–Crippen MR) is 307 cm³/mol. The molecule has 0 aromatic rings. The fourth-order valence-electron chi connectivity index (χ4n) is 8.94. The van der Waals surface area contributed by atoms with Crippen molar-refractivity contribution in [3.8, 4) is 0 Å². The summed E-state index contributed by atoms with van der Waals surface area (Å²) in [5.41, 5.74) is 0. The highest BCUT2D eigenvalue weighted by Crippen LogP contribution is 2.17. The van der Waals surface area contributed by atoms with E-state index in [1.165, 1.54) is 180 Å². The minimum Gasteiger partial charge on any atom is -0.462 e. The lowest BCUT2D eigenvalue weighted by Crippen LogP contribution is -2.30. The van der Waals surface area contributed by atoms with Crippen LogP contribution in [0.5, 0.6) is 0 Å².